The van der Waals surface area contributed by atoms with Crippen LogP contribution in [0.5, 0.6) is 5.88 Å². The van der Waals surface area contributed by atoms with Crippen molar-refractivity contribution in [3.63, 3.8) is 0 Å². The molecule has 0 fully saturated rings. The molecule has 0 bridgehead atoms. The van der Waals surface area contributed by atoms with Crippen molar-refractivity contribution in [3.05, 3.63) is 47.0 Å². The number of benzene rings is 1. The van der Waals surface area contributed by atoms with E-state index in [0.29, 0.717) is 5.88 Å². The van der Waals surface area contributed by atoms with Gasteiger partial charge in [-0.25, -0.2) is 9.78 Å². The minimum Gasteiger partial charge on any atom is -0.481 e. The maximum atomic E-state index is 11.0. The summed E-state index contributed by atoms with van der Waals surface area (Å²) in [6.45, 7) is 0. The lowest BCUT2D eigenvalue weighted by atomic mass is 10.2. The summed E-state index contributed by atoms with van der Waals surface area (Å²) in [6.07, 6.45) is 0. The molecule has 1 heterocycles. The van der Waals surface area contributed by atoms with Gasteiger partial charge in [0.15, 0.2) is 0 Å². The van der Waals surface area contributed by atoms with Gasteiger partial charge in [-0.15, -0.1) is 0 Å². The first kappa shape index (κ1) is 13.7. The molecule has 0 aliphatic heterocycles. The Morgan fingerprint density at radius 3 is 2.84 bits per heavy atom. The number of hydrogen-bond donors (Lipinski definition) is 1. The van der Waals surface area contributed by atoms with Gasteiger partial charge in [-0.3, -0.25) is 0 Å². The highest BCUT2D eigenvalue weighted by atomic mass is 35.5. The fraction of sp³-hybridized carbons (Fsp3) is 0.0769. The SMILES string of the molecule is COc1cccc(Sc2ccc(Cl)c(C(=O)O)c2)n1. The maximum Gasteiger partial charge on any atom is 0.337 e. The monoisotopic (exact) mass is 295 g/mol. The molecule has 1 N–H and O–H groups in total. The van der Waals surface area contributed by atoms with Crippen LogP contribution in [0.15, 0.2) is 46.3 Å². The Kier molecular flexibility index (Phi) is 4.29. The van der Waals surface area contributed by atoms with Gasteiger partial charge < -0.3 is 9.84 Å². The van der Waals surface area contributed by atoms with Crippen molar-refractivity contribution in [3.8, 4) is 5.88 Å². The molecule has 2 aromatic rings. The predicted molar refractivity (Wildman–Crippen MR) is 73.3 cm³/mol. The first-order valence-corrected chi connectivity index (χ1v) is 6.51. The molecule has 4 nitrogen and oxygen atoms in total. The molecule has 0 aliphatic rings. The van der Waals surface area contributed by atoms with E-state index < -0.39 is 5.97 Å². The Morgan fingerprint density at radius 1 is 1.37 bits per heavy atom. The molecule has 1 aromatic carbocycles. The fourth-order valence-electron chi connectivity index (χ4n) is 1.42. The summed E-state index contributed by atoms with van der Waals surface area (Å²) in [6, 6.07) is 10.2. The van der Waals surface area contributed by atoms with E-state index in [1.165, 1.54) is 17.8 Å². The van der Waals surface area contributed by atoms with E-state index in [2.05, 4.69) is 4.98 Å². The molecule has 2 rings (SSSR count). The van der Waals surface area contributed by atoms with Crippen molar-refractivity contribution in [1.29, 1.82) is 0 Å². The van der Waals surface area contributed by atoms with Crippen LogP contribution in [-0.4, -0.2) is 23.2 Å². The van der Waals surface area contributed by atoms with Crippen molar-refractivity contribution in [1.82, 2.24) is 4.98 Å². The molecule has 19 heavy (non-hydrogen) atoms. The fourth-order valence-corrected chi connectivity index (χ4v) is 2.45. The van der Waals surface area contributed by atoms with Crippen molar-refractivity contribution >= 4 is 29.3 Å². The molecule has 0 radical (unpaired) electrons. The molecule has 1 aromatic heterocycles. The van der Waals surface area contributed by atoms with Crippen LogP contribution in [0.25, 0.3) is 0 Å². The summed E-state index contributed by atoms with van der Waals surface area (Å²) in [5, 5.41) is 9.95. The van der Waals surface area contributed by atoms with Gasteiger partial charge in [0.2, 0.25) is 5.88 Å². The van der Waals surface area contributed by atoms with Gasteiger partial charge in [0.1, 0.15) is 5.03 Å². The van der Waals surface area contributed by atoms with Gasteiger partial charge in [-0.1, -0.05) is 29.4 Å². The quantitative estimate of drug-likeness (QED) is 0.934. The summed E-state index contributed by atoms with van der Waals surface area (Å²) < 4.78 is 5.03. The van der Waals surface area contributed by atoms with Gasteiger partial charge in [-0.2, -0.15) is 0 Å². The van der Waals surface area contributed by atoms with Crippen molar-refractivity contribution in [2.45, 2.75) is 9.92 Å². The molecule has 0 spiro atoms. The number of methoxy groups -OCH3 is 1. The Morgan fingerprint density at radius 2 is 2.16 bits per heavy atom. The first-order chi connectivity index (χ1) is 9.10. The van der Waals surface area contributed by atoms with Crippen LogP contribution in [-0.2, 0) is 0 Å². The molecular formula is C13H10ClNO3S. The summed E-state index contributed by atoms with van der Waals surface area (Å²) >= 11 is 7.16. The zero-order chi connectivity index (χ0) is 13.8. The highest BCUT2D eigenvalue weighted by Crippen LogP contribution is 2.30. The number of ether oxygens (including phenoxy) is 1. The smallest absolute Gasteiger partial charge is 0.337 e. The Hall–Kier alpha value is -1.72. The molecule has 0 aliphatic carbocycles. The number of rotatable bonds is 4. The van der Waals surface area contributed by atoms with Crippen LogP contribution in [0.3, 0.4) is 0 Å². The number of carbonyl (C=O) groups is 1. The van der Waals surface area contributed by atoms with Crippen LogP contribution in [0.1, 0.15) is 10.4 Å². The molecule has 98 valence electrons. The standard InChI is InChI=1S/C13H10ClNO3S/c1-18-11-3-2-4-12(15-11)19-8-5-6-10(14)9(7-8)13(16)17/h2-7H,1H3,(H,16,17). The highest BCUT2D eigenvalue weighted by molar-refractivity contribution is 7.99. The third kappa shape index (κ3) is 3.39. The normalized spacial score (nSPS) is 10.2. The number of halogens is 1. The Labute approximate surface area is 119 Å². The summed E-state index contributed by atoms with van der Waals surface area (Å²) in [5.41, 5.74) is 0.0783. The molecular weight excluding hydrogens is 286 g/mol. The van der Waals surface area contributed by atoms with Crippen molar-refractivity contribution < 1.29 is 14.6 Å². The second kappa shape index (κ2) is 5.95. The van der Waals surface area contributed by atoms with E-state index in [-0.39, 0.29) is 10.6 Å². The molecule has 6 heteroatoms. The number of aromatic carboxylic acids is 1. The van der Waals surface area contributed by atoms with Gasteiger partial charge in [0.05, 0.1) is 17.7 Å². The lowest BCUT2D eigenvalue weighted by Gasteiger charge is -2.05. The Balaban J connectivity index is 2.28. The third-order valence-electron chi connectivity index (χ3n) is 2.30. The molecule has 0 saturated heterocycles. The van der Waals surface area contributed by atoms with E-state index in [1.54, 1.807) is 25.3 Å². The van der Waals surface area contributed by atoms with E-state index in [4.69, 9.17) is 21.4 Å². The number of carboxylic acid groups (broad SMARTS) is 1. The topological polar surface area (TPSA) is 59.4 Å². The molecule has 0 saturated carbocycles. The lowest BCUT2D eigenvalue weighted by Crippen LogP contribution is -1.97. The second-order valence-electron chi connectivity index (χ2n) is 3.57. The van der Waals surface area contributed by atoms with E-state index in [9.17, 15) is 4.79 Å². The number of hydrogen-bond acceptors (Lipinski definition) is 4. The second-order valence-corrected chi connectivity index (χ2v) is 5.07. The van der Waals surface area contributed by atoms with Gasteiger partial charge in [0, 0.05) is 11.0 Å². The summed E-state index contributed by atoms with van der Waals surface area (Å²) in [7, 11) is 1.54. The highest BCUT2D eigenvalue weighted by Gasteiger charge is 2.10. The van der Waals surface area contributed by atoms with Crippen molar-refractivity contribution in [2.24, 2.45) is 0 Å². The third-order valence-corrected chi connectivity index (χ3v) is 3.55. The predicted octanol–water partition coefficient (Wildman–Crippen LogP) is 3.59. The van der Waals surface area contributed by atoms with Crippen LogP contribution in [0.4, 0.5) is 0 Å². The number of pyridine rings is 1. The first-order valence-electron chi connectivity index (χ1n) is 5.32. The molecule has 0 amide bonds. The lowest BCUT2D eigenvalue weighted by molar-refractivity contribution is 0.0697. The minimum absolute atomic E-state index is 0.0783. The number of aromatic nitrogens is 1. The largest absolute Gasteiger partial charge is 0.481 e. The average Bonchev–Trinajstić information content (AvgIpc) is 2.41. The van der Waals surface area contributed by atoms with E-state index in [0.717, 1.165) is 9.92 Å². The zero-order valence-electron chi connectivity index (χ0n) is 9.96. The van der Waals surface area contributed by atoms with Crippen molar-refractivity contribution in [2.75, 3.05) is 7.11 Å². The van der Waals surface area contributed by atoms with Gasteiger partial charge in [0.25, 0.3) is 0 Å². The van der Waals surface area contributed by atoms with Gasteiger partial charge >= 0.3 is 5.97 Å². The average molecular weight is 296 g/mol. The summed E-state index contributed by atoms with van der Waals surface area (Å²) in [4.78, 5) is 16.0. The minimum atomic E-state index is -1.05. The number of nitrogens with zero attached hydrogens (tertiary/aromatic N) is 1. The number of carboxylic acids is 1. The van der Waals surface area contributed by atoms with Crippen LogP contribution >= 0.6 is 23.4 Å². The maximum absolute atomic E-state index is 11.0. The van der Waals surface area contributed by atoms with E-state index in [1.807, 2.05) is 12.1 Å². The summed E-state index contributed by atoms with van der Waals surface area (Å²) in [5.74, 6) is -0.538. The molecule has 0 unspecified atom stereocenters. The molecule has 0 atom stereocenters. The van der Waals surface area contributed by atoms with E-state index >= 15 is 0 Å². The Bertz CT molecular complexity index is 619. The van der Waals surface area contributed by atoms with Crippen LogP contribution in [0.2, 0.25) is 5.02 Å². The zero-order valence-corrected chi connectivity index (χ0v) is 11.5. The van der Waals surface area contributed by atoms with Crippen LogP contribution < -0.4 is 4.74 Å². The van der Waals surface area contributed by atoms with Crippen LogP contribution in [0, 0.1) is 0 Å². The van der Waals surface area contributed by atoms with Gasteiger partial charge in [-0.05, 0) is 24.3 Å².